The quantitative estimate of drug-likeness (QED) is 0.412. The number of nitrogens with one attached hydrogen (secondary N) is 3. The number of benzene rings is 1. The van der Waals surface area contributed by atoms with E-state index in [1.54, 1.807) is 12.1 Å². The summed E-state index contributed by atoms with van der Waals surface area (Å²) in [5.41, 5.74) is -0.0251. The molecule has 1 unspecified atom stereocenters. The van der Waals surface area contributed by atoms with E-state index in [1.165, 1.54) is 14.2 Å². The van der Waals surface area contributed by atoms with Crippen LogP contribution >= 0.6 is 0 Å². The Balaban J connectivity index is 1.62. The summed E-state index contributed by atoms with van der Waals surface area (Å²) < 4.78 is 39.6. The van der Waals surface area contributed by atoms with Gasteiger partial charge in [-0.15, -0.1) is 0 Å². The van der Waals surface area contributed by atoms with Crippen LogP contribution in [-0.2, 0) is 10.5 Å². The molecular weight excluding hydrogens is 494 g/mol. The molecule has 8 nitrogen and oxygen atoms in total. The maximum Gasteiger partial charge on any atom is 0.228 e. The molecule has 2 heterocycles. The minimum Gasteiger partial charge on any atom is -0.481 e. The van der Waals surface area contributed by atoms with Crippen molar-refractivity contribution < 1.29 is 28.2 Å². The number of methoxy groups -OCH3 is 2. The molecule has 4 N–H and O–H groups in total. The van der Waals surface area contributed by atoms with Crippen LogP contribution in [0, 0.1) is 23.5 Å². The molecule has 0 radical (unpaired) electrons. The predicted molar refractivity (Wildman–Crippen MR) is 139 cm³/mol. The Labute approximate surface area is 221 Å². The fourth-order valence-corrected chi connectivity index (χ4v) is 6.40. The number of carbonyl (C=O) groups is 1. The molecule has 0 saturated heterocycles. The molecule has 10 heteroatoms. The Morgan fingerprint density at radius 3 is 2.21 bits per heavy atom. The van der Waals surface area contributed by atoms with Gasteiger partial charge in [-0.25, -0.2) is 8.78 Å². The smallest absolute Gasteiger partial charge is 0.228 e. The molecule has 38 heavy (non-hydrogen) atoms. The lowest BCUT2D eigenvalue weighted by Crippen LogP contribution is -2.57. The molecule has 2 fully saturated rings. The molecular formula is C28H36F2N4O4. The highest BCUT2D eigenvalue weighted by molar-refractivity contribution is 5.87. The van der Waals surface area contributed by atoms with Gasteiger partial charge in [-0.1, -0.05) is 19.3 Å². The number of pyridine rings is 1. The van der Waals surface area contributed by atoms with Gasteiger partial charge in [0.1, 0.15) is 0 Å². The van der Waals surface area contributed by atoms with E-state index in [4.69, 9.17) is 9.47 Å². The van der Waals surface area contributed by atoms with E-state index in [0.29, 0.717) is 48.5 Å². The van der Waals surface area contributed by atoms with Crippen molar-refractivity contribution in [1.29, 1.82) is 0 Å². The number of aliphatic hydroxyl groups excluding tert-OH is 1. The van der Waals surface area contributed by atoms with Crippen LogP contribution in [-0.4, -0.2) is 42.4 Å². The van der Waals surface area contributed by atoms with Gasteiger partial charge in [0.25, 0.3) is 0 Å². The second kappa shape index (κ2) is 10.9. The van der Waals surface area contributed by atoms with Crippen LogP contribution in [0.5, 0.6) is 11.8 Å². The molecule has 2 saturated carbocycles. The molecule has 1 amide bonds. The van der Waals surface area contributed by atoms with Crippen LogP contribution < -0.4 is 25.4 Å². The van der Waals surface area contributed by atoms with Crippen LogP contribution in [0.3, 0.4) is 0 Å². The first-order chi connectivity index (χ1) is 18.3. The van der Waals surface area contributed by atoms with Crippen molar-refractivity contribution in [1.82, 2.24) is 10.3 Å². The molecule has 0 spiro atoms. The van der Waals surface area contributed by atoms with Crippen LogP contribution in [0.1, 0.15) is 63.4 Å². The maximum absolute atomic E-state index is 14.3. The van der Waals surface area contributed by atoms with Crippen molar-refractivity contribution >= 4 is 17.3 Å². The van der Waals surface area contributed by atoms with Gasteiger partial charge in [0.05, 0.1) is 43.2 Å². The molecule has 1 aromatic heterocycles. The van der Waals surface area contributed by atoms with Crippen molar-refractivity contribution in [3.05, 3.63) is 41.5 Å². The largest absolute Gasteiger partial charge is 0.481 e. The number of aliphatic hydroxyl groups is 1. The summed E-state index contributed by atoms with van der Waals surface area (Å²) in [5.74, 6) is -2.18. The lowest BCUT2D eigenvalue weighted by atomic mass is 9.71. The van der Waals surface area contributed by atoms with E-state index < -0.39 is 23.2 Å². The van der Waals surface area contributed by atoms with Gasteiger partial charge >= 0.3 is 0 Å². The molecule has 5 rings (SSSR count). The van der Waals surface area contributed by atoms with Crippen molar-refractivity contribution in [3.8, 4) is 11.8 Å². The lowest BCUT2D eigenvalue weighted by Gasteiger charge is -2.44. The Morgan fingerprint density at radius 2 is 1.63 bits per heavy atom. The first-order valence-corrected chi connectivity index (χ1v) is 13.5. The molecule has 2 aliphatic carbocycles. The first kappa shape index (κ1) is 26.5. The topological polar surface area (TPSA) is 105 Å². The van der Waals surface area contributed by atoms with Crippen LogP contribution in [0.4, 0.5) is 20.2 Å². The summed E-state index contributed by atoms with van der Waals surface area (Å²) in [6.45, 7) is 0. The SMILES string of the molecule is COc1ccc(C2(C(C(=O)NC3CCC(O)CC3)C3CCCCC3)Nc3cc(F)c(F)cc3N2)c(OC)n1. The van der Waals surface area contributed by atoms with Crippen molar-refractivity contribution in [2.75, 3.05) is 24.9 Å². The number of hydrogen-bond acceptors (Lipinski definition) is 7. The summed E-state index contributed by atoms with van der Waals surface area (Å²) in [6, 6.07) is 5.64. The number of nitrogens with zero attached hydrogens (tertiary/aromatic N) is 1. The average Bonchev–Trinajstić information content (AvgIpc) is 3.28. The third-order valence-corrected chi connectivity index (χ3v) is 8.30. The Morgan fingerprint density at radius 1 is 1.00 bits per heavy atom. The molecule has 0 bridgehead atoms. The van der Waals surface area contributed by atoms with Crippen LogP contribution in [0.2, 0.25) is 0 Å². The minimum absolute atomic E-state index is 0.00579. The van der Waals surface area contributed by atoms with Crippen molar-refractivity contribution in [3.63, 3.8) is 0 Å². The molecule has 1 aromatic carbocycles. The van der Waals surface area contributed by atoms with Gasteiger partial charge in [-0.3, -0.25) is 4.79 Å². The molecule has 2 aromatic rings. The van der Waals surface area contributed by atoms with Crippen molar-refractivity contribution in [2.45, 2.75) is 75.6 Å². The van der Waals surface area contributed by atoms with Gasteiger partial charge in [0.2, 0.25) is 17.7 Å². The van der Waals surface area contributed by atoms with Gasteiger partial charge in [-0.05, 0) is 50.5 Å². The van der Waals surface area contributed by atoms with Gasteiger partial charge < -0.3 is 30.5 Å². The lowest BCUT2D eigenvalue weighted by molar-refractivity contribution is -0.130. The molecule has 1 aliphatic heterocycles. The number of fused-ring (bicyclic) bond motifs is 1. The summed E-state index contributed by atoms with van der Waals surface area (Å²) in [4.78, 5) is 18.8. The first-order valence-electron chi connectivity index (χ1n) is 13.5. The van der Waals surface area contributed by atoms with Crippen LogP contribution in [0.25, 0.3) is 0 Å². The number of amides is 1. The van der Waals surface area contributed by atoms with E-state index in [-0.39, 0.29) is 29.9 Å². The number of aromatic nitrogens is 1. The Bertz CT molecular complexity index is 1130. The summed E-state index contributed by atoms with van der Waals surface area (Å²) in [6.07, 6.45) is 7.11. The zero-order chi connectivity index (χ0) is 26.9. The zero-order valence-electron chi connectivity index (χ0n) is 21.9. The van der Waals surface area contributed by atoms with Crippen molar-refractivity contribution in [2.24, 2.45) is 11.8 Å². The Kier molecular flexibility index (Phi) is 7.61. The fraction of sp³-hybridized carbons (Fsp3) is 0.571. The van der Waals surface area contributed by atoms with Crippen LogP contribution in [0.15, 0.2) is 24.3 Å². The predicted octanol–water partition coefficient (Wildman–Crippen LogP) is 4.68. The normalized spacial score (nSPS) is 23.5. The average molecular weight is 531 g/mol. The number of carbonyl (C=O) groups excluding carboxylic acids is 1. The molecule has 206 valence electrons. The Hall–Kier alpha value is -3.14. The van der Waals surface area contributed by atoms with E-state index in [0.717, 1.165) is 44.2 Å². The summed E-state index contributed by atoms with van der Waals surface area (Å²) in [5, 5.41) is 20.0. The maximum atomic E-state index is 14.3. The number of ether oxygens (including phenoxy) is 2. The fourth-order valence-electron chi connectivity index (χ4n) is 6.40. The van der Waals surface area contributed by atoms with Gasteiger partial charge in [0, 0.05) is 24.2 Å². The van der Waals surface area contributed by atoms with E-state index in [9.17, 15) is 18.7 Å². The summed E-state index contributed by atoms with van der Waals surface area (Å²) >= 11 is 0. The third-order valence-electron chi connectivity index (χ3n) is 8.30. The van der Waals surface area contributed by atoms with Gasteiger partial charge in [-0.2, -0.15) is 4.98 Å². The third kappa shape index (κ3) is 4.98. The van der Waals surface area contributed by atoms with E-state index in [2.05, 4.69) is 20.9 Å². The number of hydrogen-bond donors (Lipinski definition) is 4. The minimum atomic E-state index is -1.28. The molecule has 1 atom stereocenters. The summed E-state index contributed by atoms with van der Waals surface area (Å²) in [7, 11) is 2.99. The highest BCUT2D eigenvalue weighted by Crippen LogP contribution is 2.51. The second-order valence-electron chi connectivity index (χ2n) is 10.7. The van der Waals surface area contributed by atoms with E-state index in [1.807, 2.05) is 0 Å². The second-order valence-corrected chi connectivity index (χ2v) is 10.7. The monoisotopic (exact) mass is 530 g/mol. The highest BCUT2D eigenvalue weighted by Gasteiger charge is 2.54. The number of anilines is 2. The number of halogens is 2. The highest BCUT2D eigenvalue weighted by atomic mass is 19.2. The standard InChI is InChI=1S/C28H36F2N4O4/c1-37-24-13-12-19(27(32-24)38-2)28(33-22-14-20(29)21(30)15-23(22)34-28)25(16-6-4-3-5-7-16)26(36)31-17-8-10-18(35)11-9-17/h12-18,25,33-35H,3-11H2,1-2H3,(H,31,36). The van der Waals surface area contributed by atoms with E-state index >= 15 is 0 Å². The van der Waals surface area contributed by atoms with Gasteiger partial charge in [0.15, 0.2) is 17.3 Å². The molecule has 3 aliphatic rings. The number of rotatable bonds is 7. The zero-order valence-corrected chi connectivity index (χ0v) is 21.9.